The molecular weight excluding hydrogens is 320 g/mol. The van der Waals surface area contributed by atoms with Gasteiger partial charge in [0.2, 0.25) is 0 Å². The van der Waals surface area contributed by atoms with Crippen molar-refractivity contribution in [1.82, 2.24) is 19.2 Å². The summed E-state index contributed by atoms with van der Waals surface area (Å²) in [4.78, 5) is 33.7. The minimum atomic E-state index is -0.473. The average molecular weight is 342 g/mol. The van der Waals surface area contributed by atoms with Crippen LogP contribution in [-0.4, -0.2) is 61.9 Å². The Balaban J connectivity index is 1.94. The van der Waals surface area contributed by atoms with Gasteiger partial charge in [-0.2, -0.15) is 0 Å². The summed E-state index contributed by atoms with van der Waals surface area (Å²) in [6.07, 6.45) is 4.61. The number of carbonyl (C=O) groups is 1. The number of hydrogen-bond acceptors (Lipinski definition) is 5. The van der Waals surface area contributed by atoms with E-state index < -0.39 is 5.56 Å². The third-order valence-corrected chi connectivity index (χ3v) is 4.68. The number of pyridine rings is 1. The summed E-state index contributed by atoms with van der Waals surface area (Å²) in [5.41, 5.74) is -0.320. The van der Waals surface area contributed by atoms with E-state index in [0.717, 1.165) is 13.1 Å². The number of aromatic hydroxyl groups is 1. The molecule has 7 heteroatoms. The molecule has 1 aliphatic rings. The van der Waals surface area contributed by atoms with Crippen LogP contribution in [0.1, 0.15) is 24.2 Å². The van der Waals surface area contributed by atoms with Crippen LogP contribution in [0, 0.1) is 0 Å². The standard InChI is InChI=1S/C18H22N4O3/c1-4-7-20-10-13(3)22(11-12(20)2)18(25)14-9-19-16-15(23)6-5-8-21(16)17(14)24/h4-6,8-9,12-13,23H,1,7,10-11H2,2-3H3/t12-,13-/m1/s1. The molecule has 2 aromatic rings. The maximum atomic E-state index is 12.9. The molecule has 25 heavy (non-hydrogen) atoms. The van der Waals surface area contributed by atoms with Crippen molar-refractivity contribution in [3.05, 3.63) is 53.1 Å². The second-order valence-corrected chi connectivity index (χ2v) is 6.46. The highest BCUT2D eigenvalue weighted by Gasteiger charge is 2.33. The van der Waals surface area contributed by atoms with Crippen molar-refractivity contribution in [2.45, 2.75) is 25.9 Å². The second kappa shape index (κ2) is 6.68. The van der Waals surface area contributed by atoms with Gasteiger partial charge < -0.3 is 10.0 Å². The molecule has 1 N–H and O–H groups in total. The van der Waals surface area contributed by atoms with Gasteiger partial charge in [0.25, 0.3) is 11.5 Å². The van der Waals surface area contributed by atoms with Gasteiger partial charge in [0.15, 0.2) is 11.4 Å². The van der Waals surface area contributed by atoms with E-state index in [9.17, 15) is 14.7 Å². The smallest absolute Gasteiger partial charge is 0.270 e. The van der Waals surface area contributed by atoms with E-state index in [1.807, 2.05) is 13.0 Å². The van der Waals surface area contributed by atoms with E-state index >= 15 is 0 Å². The summed E-state index contributed by atoms with van der Waals surface area (Å²) in [5.74, 6) is -0.425. The first kappa shape index (κ1) is 17.2. The van der Waals surface area contributed by atoms with Crippen LogP contribution in [0.5, 0.6) is 5.75 Å². The van der Waals surface area contributed by atoms with Crippen LogP contribution in [0.4, 0.5) is 0 Å². The Morgan fingerprint density at radius 2 is 2.16 bits per heavy atom. The minimum absolute atomic E-state index is 0.0133. The van der Waals surface area contributed by atoms with Crippen molar-refractivity contribution in [3.8, 4) is 5.75 Å². The van der Waals surface area contributed by atoms with Gasteiger partial charge in [0, 0.05) is 44.1 Å². The van der Waals surface area contributed by atoms with Crippen LogP contribution >= 0.6 is 0 Å². The maximum Gasteiger partial charge on any atom is 0.270 e. The predicted molar refractivity (Wildman–Crippen MR) is 94.9 cm³/mol. The molecule has 7 nitrogen and oxygen atoms in total. The first-order valence-electron chi connectivity index (χ1n) is 8.29. The van der Waals surface area contributed by atoms with E-state index in [1.54, 1.807) is 11.0 Å². The van der Waals surface area contributed by atoms with Gasteiger partial charge in [-0.1, -0.05) is 6.08 Å². The molecule has 2 atom stereocenters. The third-order valence-electron chi connectivity index (χ3n) is 4.68. The number of aromatic nitrogens is 2. The molecule has 0 unspecified atom stereocenters. The average Bonchev–Trinajstić information content (AvgIpc) is 2.58. The van der Waals surface area contributed by atoms with E-state index in [2.05, 4.69) is 23.4 Å². The first-order valence-corrected chi connectivity index (χ1v) is 8.29. The van der Waals surface area contributed by atoms with Gasteiger partial charge in [-0.3, -0.25) is 18.9 Å². The number of carbonyl (C=O) groups excluding carboxylic acids is 1. The van der Waals surface area contributed by atoms with Gasteiger partial charge >= 0.3 is 0 Å². The Morgan fingerprint density at radius 1 is 1.40 bits per heavy atom. The highest BCUT2D eigenvalue weighted by Crippen LogP contribution is 2.18. The molecule has 3 rings (SSSR count). The van der Waals surface area contributed by atoms with Crippen molar-refractivity contribution in [2.24, 2.45) is 0 Å². The minimum Gasteiger partial charge on any atom is -0.504 e. The predicted octanol–water partition coefficient (Wildman–Crippen LogP) is 1.12. The van der Waals surface area contributed by atoms with E-state index in [-0.39, 0.29) is 35.0 Å². The van der Waals surface area contributed by atoms with Crippen LogP contribution in [0.3, 0.4) is 0 Å². The molecule has 0 radical (unpaired) electrons. The largest absolute Gasteiger partial charge is 0.504 e. The van der Waals surface area contributed by atoms with Crippen LogP contribution in [-0.2, 0) is 0 Å². The van der Waals surface area contributed by atoms with E-state index in [1.165, 1.54) is 22.9 Å². The molecule has 0 spiro atoms. The van der Waals surface area contributed by atoms with Gasteiger partial charge in [0.05, 0.1) is 0 Å². The summed E-state index contributed by atoms with van der Waals surface area (Å²) < 4.78 is 1.20. The lowest BCUT2D eigenvalue weighted by atomic mass is 10.1. The molecular formula is C18H22N4O3. The molecule has 0 aromatic carbocycles. The molecule has 0 bridgehead atoms. The normalized spacial score (nSPS) is 21.4. The van der Waals surface area contributed by atoms with Gasteiger partial charge in [-0.05, 0) is 26.0 Å². The van der Waals surface area contributed by atoms with E-state index in [0.29, 0.717) is 6.54 Å². The van der Waals surface area contributed by atoms with Gasteiger partial charge in [-0.15, -0.1) is 6.58 Å². The highest BCUT2D eigenvalue weighted by atomic mass is 16.3. The zero-order valence-electron chi connectivity index (χ0n) is 14.4. The van der Waals surface area contributed by atoms with E-state index in [4.69, 9.17) is 0 Å². The Labute approximate surface area is 145 Å². The fraction of sp³-hybridized carbons (Fsp3) is 0.389. The van der Waals surface area contributed by atoms with Crippen molar-refractivity contribution in [1.29, 1.82) is 0 Å². The van der Waals surface area contributed by atoms with Crippen LogP contribution in [0.2, 0.25) is 0 Å². The van der Waals surface area contributed by atoms with Crippen molar-refractivity contribution in [3.63, 3.8) is 0 Å². The summed E-state index contributed by atoms with van der Waals surface area (Å²) in [6, 6.07) is 3.15. The molecule has 1 fully saturated rings. The van der Waals surface area contributed by atoms with Crippen LogP contribution in [0.15, 0.2) is 42.0 Å². The Kier molecular flexibility index (Phi) is 4.59. The lowest BCUT2D eigenvalue weighted by Gasteiger charge is -2.43. The lowest BCUT2D eigenvalue weighted by Crippen LogP contribution is -2.58. The Hall–Kier alpha value is -2.67. The summed E-state index contributed by atoms with van der Waals surface area (Å²) in [5, 5.41) is 9.80. The Morgan fingerprint density at radius 3 is 2.88 bits per heavy atom. The fourth-order valence-corrected chi connectivity index (χ4v) is 3.29. The van der Waals surface area contributed by atoms with Gasteiger partial charge in [0.1, 0.15) is 5.56 Å². The third kappa shape index (κ3) is 3.02. The number of piperazine rings is 1. The summed E-state index contributed by atoms with van der Waals surface area (Å²) in [7, 11) is 0. The first-order chi connectivity index (χ1) is 11.9. The monoisotopic (exact) mass is 342 g/mol. The molecule has 1 saturated heterocycles. The summed E-state index contributed by atoms with van der Waals surface area (Å²) in [6.45, 7) is 9.83. The number of rotatable bonds is 3. The molecule has 2 aromatic heterocycles. The van der Waals surface area contributed by atoms with Crippen LogP contribution in [0.25, 0.3) is 5.65 Å². The highest BCUT2D eigenvalue weighted by molar-refractivity contribution is 5.94. The number of nitrogens with zero attached hydrogens (tertiary/aromatic N) is 4. The number of fused-ring (bicyclic) bond motifs is 1. The maximum absolute atomic E-state index is 12.9. The van der Waals surface area contributed by atoms with Gasteiger partial charge in [-0.25, -0.2) is 4.98 Å². The second-order valence-electron chi connectivity index (χ2n) is 6.46. The summed E-state index contributed by atoms with van der Waals surface area (Å²) >= 11 is 0. The lowest BCUT2D eigenvalue weighted by molar-refractivity contribution is 0.0353. The van der Waals surface area contributed by atoms with Crippen molar-refractivity contribution < 1.29 is 9.90 Å². The molecule has 0 aliphatic carbocycles. The zero-order valence-corrected chi connectivity index (χ0v) is 14.4. The number of amides is 1. The molecule has 0 saturated carbocycles. The topological polar surface area (TPSA) is 78.2 Å². The molecule has 1 amide bonds. The molecule has 1 aliphatic heterocycles. The Bertz CT molecular complexity index is 876. The quantitative estimate of drug-likeness (QED) is 0.846. The van der Waals surface area contributed by atoms with Crippen LogP contribution < -0.4 is 5.56 Å². The van der Waals surface area contributed by atoms with Crippen molar-refractivity contribution in [2.75, 3.05) is 19.6 Å². The molecule has 132 valence electrons. The fourth-order valence-electron chi connectivity index (χ4n) is 3.29. The zero-order chi connectivity index (χ0) is 18.1. The SMILES string of the molecule is C=CCN1C[C@@H](C)N(C(=O)c2cnc3c(O)cccn3c2=O)C[C@H]1C. The van der Waals surface area contributed by atoms with Crippen molar-refractivity contribution >= 4 is 11.6 Å². The number of hydrogen-bond donors (Lipinski definition) is 1. The molecule has 3 heterocycles.